The predicted molar refractivity (Wildman–Crippen MR) is 97.5 cm³/mol. The Balaban J connectivity index is 1.82. The molecule has 0 unspecified atom stereocenters. The van der Waals surface area contributed by atoms with Gasteiger partial charge in [-0.1, -0.05) is 6.42 Å². The van der Waals surface area contributed by atoms with E-state index in [-0.39, 0.29) is 11.8 Å². The quantitative estimate of drug-likeness (QED) is 0.850. The Hall–Kier alpha value is -1.69. The minimum absolute atomic E-state index is 0.0682. The van der Waals surface area contributed by atoms with E-state index in [1.54, 1.807) is 0 Å². The minimum Gasteiger partial charge on any atom is -0.369 e. The van der Waals surface area contributed by atoms with Crippen molar-refractivity contribution in [1.82, 2.24) is 9.97 Å². The summed E-state index contributed by atoms with van der Waals surface area (Å²) in [6.45, 7) is 3.59. The number of amides is 1. The molecular weight excluding hydrogens is 320 g/mol. The van der Waals surface area contributed by atoms with Gasteiger partial charge in [0.25, 0.3) is 0 Å². The molecule has 128 valence electrons. The van der Waals surface area contributed by atoms with Gasteiger partial charge in [0.15, 0.2) is 0 Å². The molecule has 4 rings (SSSR count). The van der Waals surface area contributed by atoms with E-state index >= 15 is 0 Å². The standard InChI is InChI=1S/C18H24N4OS/c1-11-20-17(22-9-5-6-12(10-22)16(19)23)15-13-7-3-2-4-8-14(13)24-18(15)21-11/h12H,2-10H2,1H3,(H2,19,23)/t12-/m0/s1. The van der Waals surface area contributed by atoms with Gasteiger partial charge in [-0.25, -0.2) is 9.97 Å². The van der Waals surface area contributed by atoms with Crippen molar-refractivity contribution in [2.75, 3.05) is 18.0 Å². The van der Waals surface area contributed by atoms with Crippen LogP contribution in [0, 0.1) is 12.8 Å². The van der Waals surface area contributed by atoms with Crippen molar-refractivity contribution in [3.05, 3.63) is 16.3 Å². The number of hydrogen-bond acceptors (Lipinski definition) is 5. The van der Waals surface area contributed by atoms with Crippen LogP contribution in [0.15, 0.2) is 0 Å². The molecule has 1 aliphatic heterocycles. The normalized spacial score (nSPS) is 21.5. The molecule has 1 fully saturated rings. The summed E-state index contributed by atoms with van der Waals surface area (Å²) in [7, 11) is 0. The fourth-order valence-corrected chi connectivity index (χ4v) is 5.35. The third kappa shape index (κ3) is 2.77. The third-order valence-corrected chi connectivity index (χ3v) is 6.47. The lowest BCUT2D eigenvalue weighted by molar-refractivity contribution is -0.122. The van der Waals surface area contributed by atoms with E-state index in [4.69, 9.17) is 15.7 Å². The van der Waals surface area contributed by atoms with Crippen LogP contribution in [-0.4, -0.2) is 29.0 Å². The van der Waals surface area contributed by atoms with Gasteiger partial charge in [0.05, 0.1) is 11.3 Å². The zero-order valence-electron chi connectivity index (χ0n) is 14.2. The van der Waals surface area contributed by atoms with E-state index in [9.17, 15) is 4.79 Å². The average Bonchev–Trinajstić information content (AvgIpc) is 2.75. The lowest BCUT2D eigenvalue weighted by atomic mass is 9.97. The van der Waals surface area contributed by atoms with Crippen LogP contribution in [-0.2, 0) is 17.6 Å². The van der Waals surface area contributed by atoms with Crippen LogP contribution < -0.4 is 10.6 Å². The summed E-state index contributed by atoms with van der Waals surface area (Å²) in [4.78, 5) is 26.0. The molecule has 0 spiro atoms. The van der Waals surface area contributed by atoms with E-state index in [2.05, 4.69) is 4.90 Å². The van der Waals surface area contributed by atoms with Crippen LogP contribution in [0.3, 0.4) is 0 Å². The smallest absolute Gasteiger partial charge is 0.222 e. The second kappa shape index (κ2) is 6.31. The Morgan fingerprint density at radius 2 is 2.04 bits per heavy atom. The first-order valence-corrected chi connectivity index (χ1v) is 9.78. The first kappa shape index (κ1) is 15.8. The highest BCUT2D eigenvalue weighted by Gasteiger charge is 2.28. The highest BCUT2D eigenvalue weighted by Crippen LogP contribution is 2.40. The number of primary amides is 1. The first-order chi connectivity index (χ1) is 11.6. The Labute approximate surface area is 146 Å². The number of piperidine rings is 1. The van der Waals surface area contributed by atoms with Crippen molar-refractivity contribution in [2.45, 2.75) is 51.9 Å². The van der Waals surface area contributed by atoms with Crippen molar-refractivity contribution < 1.29 is 4.79 Å². The second-order valence-corrected chi connectivity index (χ2v) is 8.11. The third-order valence-electron chi connectivity index (χ3n) is 5.28. The van der Waals surface area contributed by atoms with Crippen LogP contribution in [0.5, 0.6) is 0 Å². The summed E-state index contributed by atoms with van der Waals surface area (Å²) in [5, 5.41) is 1.24. The molecule has 0 radical (unpaired) electrons. The van der Waals surface area contributed by atoms with Gasteiger partial charge < -0.3 is 10.6 Å². The average molecular weight is 344 g/mol. The molecular formula is C18H24N4OS. The second-order valence-electron chi connectivity index (χ2n) is 7.03. The highest BCUT2D eigenvalue weighted by molar-refractivity contribution is 7.19. The maximum atomic E-state index is 11.7. The number of carbonyl (C=O) groups excluding carboxylic acids is 1. The van der Waals surface area contributed by atoms with Crippen LogP contribution in [0.1, 0.15) is 48.4 Å². The molecule has 0 saturated carbocycles. The van der Waals surface area contributed by atoms with Gasteiger partial charge >= 0.3 is 0 Å². The summed E-state index contributed by atoms with van der Waals surface area (Å²) in [5.74, 6) is 1.59. The molecule has 1 aliphatic carbocycles. The van der Waals surface area contributed by atoms with Crippen LogP contribution in [0.4, 0.5) is 5.82 Å². The number of rotatable bonds is 2. The van der Waals surface area contributed by atoms with Gasteiger partial charge in [-0.2, -0.15) is 0 Å². The van der Waals surface area contributed by atoms with E-state index in [1.807, 2.05) is 18.3 Å². The van der Waals surface area contributed by atoms with Gasteiger partial charge in [-0.05, 0) is 51.0 Å². The maximum absolute atomic E-state index is 11.7. The zero-order valence-corrected chi connectivity index (χ0v) is 15.0. The summed E-state index contributed by atoms with van der Waals surface area (Å²) in [6, 6.07) is 0. The molecule has 6 heteroatoms. The van der Waals surface area contributed by atoms with E-state index in [0.29, 0.717) is 6.54 Å². The molecule has 5 nitrogen and oxygen atoms in total. The molecule has 1 atom stereocenters. The number of aryl methyl sites for hydroxylation is 3. The lowest BCUT2D eigenvalue weighted by Crippen LogP contribution is -2.41. The van der Waals surface area contributed by atoms with Crippen LogP contribution in [0.25, 0.3) is 10.2 Å². The number of nitrogens with zero attached hydrogens (tertiary/aromatic N) is 3. The number of aromatic nitrogens is 2. The van der Waals surface area contributed by atoms with Crippen LogP contribution in [0.2, 0.25) is 0 Å². The molecule has 2 aliphatic rings. The molecule has 0 aromatic carbocycles. The van der Waals surface area contributed by atoms with Gasteiger partial charge in [-0.3, -0.25) is 4.79 Å². The number of nitrogens with two attached hydrogens (primary N) is 1. The molecule has 0 bridgehead atoms. The molecule has 2 aromatic heterocycles. The van der Waals surface area contributed by atoms with Gasteiger partial charge in [0.1, 0.15) is 16.5 Å². The largest absolute Gasteiger partial charge is 0.369 e. The summed E-state index contributed by atoms with van der Waals surface area (Å²) >= 11 is 1.84. The number of thiophene rings is 1. The number of carbonyl (C=O) groups is 1. The van der Waals surface area contributed by atoms with E-state index in [0.717, 1.165) is 42.3 Å². The van der Waals surface area contributed by atoms with Crippen molar-refractivity contribution in [1.29, 1.82) is 0 Å². The Bertz CT molecular complexity index is 785. The van der Waals surface area contributed by atoms with Gasteiger partial charge in [-0.15, -0.1) is 11.3 Å². The SMILES string of the molecule is Cc1nc(N2CCC[C@H](C(N)=O)C2)c2c3c(sc2n1)CCCCC3. The number of anilines is 1. The first-order valence-electron chi connectivity index (χ1n) is 8.96. The molecule has 1 saturated heterocycles. The Morgan fingerprint density at radius 1 is 1.21 bits per heavy atom. The Kier molecular flexibility index (Phi) is 4.16. The lowest BCUT2D eigenvalue weighted by Gasteiger charge is -2.32. The van der Waals surface area contributed by atoms with Crippen molar-refractivity contribution in [3.63, 3.8) is 0 Å². The van der Waals surface area contributed by atoms with Crippen molar-refractivity contribution in [3.8, 4) is 0 Å². The molecule has 2 aromatic rings. The number of hydrogen-bond donors (Lipinski definition) is 1. The summed E-state index contributed by atoms with van der Waals surface area (Å²) in [6.07, 6.45) is 8.00. The summed E-state index contributed by atoms with van der Waals surface area (Å²) < 4.78 is 0. The molecule has 1 amide bonds. The van der Waals surface area contributed by atoms with Crippen molar-refractivity contribution >= 4 is 33.3 Å². The summed E-state index contributed by atoms with van der Waals surface area (Å²) in [5.41, 5.74) is 7.03. The minimum atomic E-state index is -0.189. The Morgan fingerprint density at radius 3 is 2.88 bits per heavy atom. The van der Waals surface area contributed by atoms with Crippen molar-refractivity contribution in [2.24, 2.45) is 11.7 Å². The number of fused-ring (bicyclic) bond motifs is 3. The monoisotopic (exact) mass is 344 g/mol. The zero-order chi connectivity index (χ0) is 16.7. The molecule has 2 N–H and O–H groups in total. The topological polar surface area (TPSA) is 72.1 Å². The molecule has 24 heavy (non-hydrogen) atoms. The van der Waals surface area contributed by atoms with E-state index in [1.165, 1.54) is 41.5 Å². The maximum Gasteiger partial charge on any atom is 0.222 e. The highest BCUT2D eigenvalue weighted by atomic mass is 32.1. The fourth-order valence-electron chi connectivity index (χ4n) is 4.05. The molecule has 3 heterocycles. The van der Waals surface area contributed by atoms with Gasteiger partial charge in [0.2, 0.25) is 5.91 Å². The predicted octanol–water partition coefficient (Wildman–Crippen LogP) is 2.97. The van der Waals surface area contributed by atoms with Crippen LogP contribution >= 0.6 is 11.3 Å². The fraction of sp³-hybridized carbons (Fsp3) is 0.611. The van der Waals surface area contributed by atoms with Gasteiger partial charge in [0, 0.05) is 18.0 Å². The van der Waals surface area contributed by atoms with E-state index < -0.39 is 0 Å².